The van der Waals surface area contributed by atoms with Crippen LogP contribution in [0.5, 0.6) is 0 Å². The van der Waals surface area contributed by atoms with Gasteiger partial charge in [-0.15, -0.1) is 0 Å². The molecule has 0 atom stereocenters. The van der Waals surface area contributed by atoms with Gasteiger partial charge in [0.25, 0.3) is 0 Å². The Balaban J connectivity index is 2.65. The van der Waals surface area contributed by atoms with E-state index in [-0.39, 0.29) is 5.78 Å². The minimum Gasteiger partial charge on any atom is -0.301 e. The van der Waals surface area contributed by atoms with E-state index < -0.39 is 0 Å². The predicted molar refractivity (Wildman–Crippen MR) is 59.4 cm³/mol. The Kier molecular flexibility index (Phi) is 4.33. The van der Waals surface area contributed by atoms with Gasteiger partial charge >= 0.3 is 0 Å². The first-order chi connectivity index (χ1) is 6.75. The summed E-state index contributed by atoms with van der Waals surface area (Å²) in [6.45, 7) is 0. The molecule has 1 aromatic rings. The summed E-state index contributed by atoms with van der Waals surface area (Å²) in [5.41, 5.74) is 0.596. The van der Waals surface area contributed by atoms with Crippen molar-refractivity contribution < 1.29 is 4.79 Å². The van der Waals surface area contributed by atoms with Gasteiger partial charge in [0.2, 0.25) is 0 Å². The fraction of sp³-hybridized carbons (Fsp3) is 0.273. The summed E-state index contributed by atoms with van der Waals surface area (Å²) in [5.74, 6) is 0.0653. The number of carbonyl (C=O) groups excluding carboxylic acids is 1. The van der Waals surface area contributed by atoms with E-state index in [1.54, 1.807) is 25.4 Å². The number of aliphatic imine (C=N–C) groups is 1. The van der Waals surface area contributed by atoms with Crippen molar-refractivity contribution in [3.63, 3.8) is 0 Å². The van der Waals surface area contributed by atoms with Crippen LogP contribution < -0.4 is 0 Å². The maximum Gasteiger partial charge on any atom is 0.164 e. The first-order valence-electron chi connectivity index (χ1n) is 4.44. The number of Topliss-reactive ketones (excluding diaryl/α,β-unsaturated/α-hetero) is 1. The molecule has 0 aliphatic heterocycles. The number of nitrogens with zero attached hydrogens (tertiary/aromatic N) is 1. The molecule has 0 saturated carbocycles. The van der Waals surface area contributed by atoms with Crippen LogP contribution in [0.4, 0.5) is 0 Å². The van der Waals surface area contributed by atoms with Crippen molar-refractivity contribution in [3.05, 3.63) is 34.9 Å². The molecule has 0 N–H and O–H groups in total. The number of benzene rings is 1. The normalized spacial score (nSPS) is 10.7. The molecule has 3 heteroatoms. The minimum atomic E-state index is 0.0653. The third-order valence-corrected chi connectivity index (χ3v) is 2.19. The summed E-state index contributed by atoms with van der Waals surface area (Å²) in [7, 11) is 1.69. The molecule has 0 bridgehead atoms. The fourth-order valence-corrected chi connectivity index (χ4v) is 1.39. The Morgan fingerprint density at radius 1 is 1.50 bits per heavy atom. The highest BCUT2D eigenvalue weighted by Gasteiger charge is 2.07. The highest BCUT2D eigenvalue weighted by atomic mass is 35.5. The first kappa shape index (κ1) is 10.9. The molecule has 0 aliphatic carbocycles. The third-order valence-electron chi connectivity index (χ3n) is 1.86. The van der Waals surface area contributed by atoms with E-state index in [9.17, 15) is 4.79 Å². The Hall–Kier alpha value is -1.15. The third kappa shape index (κ3) is 2.96. The second-order valence-electron chi connectivity index (χ2n) is 2.88. The molecule has 0 amide bonds. The molecular weight excluding hydrogens is 198 g/mol. The molecular formula is C11H12ClNO. The fourth-order valence-electron chi connectivity index (χ4n) is 1.15. The number of hydrogen-bond acceptors (Lipinski definition) is 2. The topological polar surface area (TPSA) is 29.4 Å². The highest BCUT2D eigenvalue weighted by Crippen LogP contribution is 2.16. The van der Waals surface area contributed by atoms with E-state index in [1.165, 1.54) is 0 Å². The number of halogens is 1. The van der Waals surface area contributed by atoms with Crippen LogP contribution in [0.15, 0.2) is 29.3 Å². The van der Waals surface area contributed by atoms with Crippen LogP contribution in [0.3, 0.4) is 0 Å². The van der Waals surface area contributed by atoms with Gasteiger partial charge in [-0.2, -0.15) is 0 Å². The lowest BCUT2D eigenvalue weighted by atomic mass is 10.1. The maximum atomic E-state index is 11.6. The zero-order valence-corrected chi connectivity index (χ0v) is 8.79. The Bertz CT molecular complexity index is 347. The average Bonchev–Trinajstić information content (AvgIpc) is 2.18. The van der Waals surface area contributed by atoms with Gasteiger partial charge in [-0.1, -0.05) is 23.7 Å². The highest BCUT2D eigenvalue weighted by molar-refractivity contribution is 6.33. The number of rotatable bonds is 4. The lowest BCUT2D eigenvalue weighted by Crippen LogP contribution is -1.99. The zero-order valence-electron chi connectivity index (χ0n) is 8.03. The van der Waals surface area contributed by atoms with Crippen molar-refractivity contribution in [2.45, 2.75) is 12.8 Å². The molecule has 0 saturated heterocycles. The first-order valence-corrected chi connectivity index (χ1v) is 4.82. The van der Waals surface area contributed by atoms with Crippen LogP contribution in [-0.4, -0.2) is 19.0 Å². The molecule has 0 unspecified atom stereocenters. The molecule has 14 heavy (non-hydrogen) atoms. The molecule has 0 aliphatic rings. The van der Waals surface area contributed by atoms with Crippen molar-refractivity contribution in [1.82, 2.24) is 0 Å². The minimum absolute atomic E-state index is 0.0653. The maximum absolute atomic E-state index is 11.6. The Morgan fingerprint density at radius 2 is 2.21 bits per heavy atom. The SMILES string of the molecule is CN=CCCC(=O)c1ccccc1Cl. The molecule has 0 heterocycles. The second kappa shape index (κ2) is 5.55. The van der Waals surface area contributed by atoms with Gasteiger partial charge in [0, 0.05) is 19.0 Å². The van der Waals surface area contributed by atoms with Crippen molar-refractivity contribution in [3.8, 4) is 0 Å². The van der Waals surface area contributed by atoms with Crippen molar-refractivity contribution in [2.75, 3.05) is 7.05 Å². The van der Waals surface area contributed by atoms with Crippen LogP contribution in [0, 0.1) is 0 Å². The molecule has 0 spiro atoms. The van der Waals surface area contributed by atoms with E-state index in [0.29, 0.717) is 23.4 Å². The van der Waals surface area contributed by atoms with Crippen LogP contribution in [-0.2, 0) is 0 Å². The summed E-state index contributed by atoms with van der Waals surface area (Å²) in [6, 6.07) is 7.09. The standard InChI is InChI=1S/C11H12ClNO/c1-13-8-4-7-11(14)9-5-2-3-6-10(9)12/h2-3,5-6,8H,4,7H2,1H3. The van der Waals surface area contributed by atoms with E-state index in [4.69, 9.17) is 11.6 Å². The van der Waals surface area contributed by atoms with Gasteiger partial charge in [-0.25, -0.2) is 0 Å². The molecule has 74 valence electrons. The molecule has 0 aromatic heterocycles. The molecule has 2 nitrogen and oxygen atoms in total. The summed E-state index contributed by atoms with van der Waals surface area (Å²) in [5, 5.41) is 0.519. The van der Waals surface area contributed by atoms with Gasteiger partial charge in [0.05, 0.1) is 5.02 Å². The van der Waals surface area contributed by atoms with Crippen LogP contribution in [0.2, 0.25) is 5.02 Å². The van der Waals surface area contributed by atoms with Gasteiger partial charge < -0.3 is 4.99 Å². The van der Waals surface area contributed by atoms with Gasteiger partial charge in [0.15, 0.2) is 5.78 Å². The van der Waals surface area contributed by atoms with E-state index in [0.717, 1.165) is 0 Å². The number of carbonyl (C=O) groups is 1. The van der Waals surface area contributed by atoms with Gasteiger partial charge in [-0.05, 0) is 24.8 Å². The number of ketones is 1. The average molecular weight is 210 g/mol. The number of hydrogen-bond donors (Lipinski definition) is 0. The Morgan fingerprint density at radius 3 is 2.86 bits per heavy atom. The van der Waals surface area contributed by atoms with Crippen molar-refractivity contribution in [2.24, 2.45) is 4.99 Å². The van der Waals surface area contributed by atoms with Crippen LogP contribution in [0.1, 0.15) is 23.2 Å². The molecule has 0 radical (unpaired) electrons. The quantitative estimate of drug-likeness (QED) is 0.554. The summed E-state index contributed by atoms with van der Waals surface area (Å²) in [4.78, 5) is 15.4. The molecule has 1 aromatic carbocycles. The Labute approximate surface area is 88.6 Å². The molecule has 1 rings (SSSR count). The second-order valence-corrected chi connectivity index (χ2v) is 3.29. The smallest absolute Gasteiger partial charge is 0.164 e. The van der Waals surface area contributed by atoms with E-state index in [1.807, 2.05) is 12.1 Å². The summed E-state index contributed by atoms with van der Waals surface area (Å²) < 4.78 is 0. The molecule has 0 fully saturated rings. The van der Waals surface area contributed by atoms with Gasteiger partial charge in [-0.3, -0.25) is 4.79 Å². The van der Waals surface area contributed by atoms with Crippen molar-refractivity contribution >= 4 is 23.6 Å². The van der Waals surface area contributed by atoms with E-state index in [2.05, 4.69) is 4.99 Å². The van der Waals surface area contributed by atoms with Crippen LogP contribution >= 0.6 is 11.6 Å². The lowest BCUT2D eigenvalue weighted by molar-refractivity contribution is 0.0985. The summed E-state index contributed by atoms with van der Waals surface area (Å²) >= 11 is 5.88. The zero-order chi connectivity index (χ0) is 10.4. The largest absolute Gasteiger partial charge is 0.301 e. The summed E-state index contributed by atoms with van der Waals surface area (Å²) in [6.07, 6.45) is 2.86. The predicted octanol–water partition coefficient (Wildman–Crippen LogP) is 3.00. The lowest BCUT2D eigenvalue weighted by Gasteiger charge is -2.00. The van der Waals surface area contributed by atoms with Gasteiger partial charge in [0.1, 0.15) is 0 Å². The monoisotopic (exact) mass is 209 g/mol. The van der Waals surface area contributed by atoms with Crippen molar-refractivity contribution in [1.29, 1.82) is 0 Å². The van der Waals surface area contributed by atoms with E-state index >= 15 is 0 Å². The van der Waals surface area contributed by atoms with Crippen LogP contribution in [0.25, 0.3) is 0 Å².